The molecule has 2 heterocycles. The summed E-state index contributed by atoms with van der Waals surface area (Å²) in [5.41, 5.74) is 0.633. The second-order valence-electron chi connectivity index (χ2n) is 6.70. The van der Waals surface area contributed by atoms with Crippen molar-refractivity contribution in [1.29, 1.82) is 0 Å². The van der Waals surface area contributed by atoms with Crippen molar-refractivity contribution in [3.63, 3.8) is 0 Å². The van der Waals surface area contributed by atoms with Crippen LogP contribution in [-0.2, 0) is 9.59 Å². The topological polar surface area (TPSA) is 120 Å². The molecule has 28 heavy (non-hydrogen) atoms. The van der Waals surface area contributed by atoms with Crippen LogP contribution in [0, 0.1) is 0 Å². The van der Waals surface area contributed by atoms with Gasteiger partial charge in [-0.1, -0.05) is 0 Å². The molecule has 150 valence electrons. The molecule has 0 bridgehead atoms. The molecule has 3 rings (SSSR count). The minimum absolute atomic E-state index is 0.00622. The van der Waals surface area contributed by atoms with Gasteiger partial charge in [0.1, 0.15) is 11.9 Å². The molecule has 9 nitrogen and oxygen atoms in total. The van der Waals surface area contributed by atoms with E-state index in [1.807, 2.05) is 39.3 Å². The van der Waals surface area contributed by atoms with E-state index >= 15 is 0 Å². The van der Waals surface area contributed by atoms with Gasteiger partial charge >= 0.3 is 11.9 Å². The predicted octanol–water partition coefficient (Wildman–Crippen LogP) is 1.18. The summed E-state index contributed by atoms with van der Waals surface area (Å²) in [6.07, 6.45) is 4.43. The minimum Gasteiger partial charge on any atom is -0.488 e. The number of likely N-dealkylation sites (N-methyl/N-ethyl adjacent to an activating group) is 1. The second-order valence-corrected chi connectivity index (χ2v) is 6.70. The molecule has 1 aromatic carbocycles. The van der Waals surface area contributed by atoms with Crippen molar-refractivity contribution in [3.8, 4) is 5.75 Å². The van der Waals surface area contributed by atoms with Crippen LogP contribution in [0.1, 0.15) is 16.8 Å². The van der Waals surface area contributed by atoms with Gasteiger partial charge < -0.3 is 24.7 Å². The number of ether oxygens (including phenoxy) is 1. The van der Waals surface area contributed by atoms with Crippen molar-refractivity contribution in [2.75, 3.05) is 34.2 Å². The third-order valence-corrected chi connectivity index (χ3v) is 4.17. The molecule has 1 aromatic heterocycles. The summed E-state index contributed by atoms with van der Waals surface area (Å²) in [4.78, 5) is 38.8. The maximum atomic E-state index is 12.6. The number of carboxylic acid groups (broad SMARTS) is 2. The number of hydrogen-bond donors (Lipinski definition) is 2. The average Bonchev–Trinajstić information content (AvgIpc) is 2.75. The standard InChI is InChI=1S/C17H21N3O2.C2H2O4/c1-19(2)7-5-14-11-20(3)17(21)15-8-12-4-6-18-10-13(12)9-16(15)22-14;3-1(4)2(5)6/h4,6,8-10,14H,5,7,11H2,1-3H3;(H,3,4)(H,5,6). The van der Waals surface area contributed by atoms with Gasteiger partial charge in [0.2, 0.25) is 0 Å². The maximum Gasteiger partial charge on any atom is 0.414 e. The van der Waals surface area contributed by atoms with Crippen LogP contribution >= 0.6 is 0 Å². The van der Waals surface area contributed by atoms with E-state index in [9.17, 15) is 4.79 Å². The number of pyridine rings is 1. The molecule has 1 aliphatic rings. The normalized spacial score (nSPS) is 15.9. The number of hydrogen-bond acceptors (Lipinski definition) is 6. The lowest BCUT2D eigenvalue weighted by Crippen LogP contribution is -2.35. The molecule has 1 aliphatic heterocycles. The Morgan fingerprint density at radius 3 is 2.54 bits per heavy atom. The van der Waals surface area contributed by atoms with Crippen LogP contribution < -0.4 is 4.74 Å². The summed E-state index contributed by atoms with van der Waals surface area (Å²) in [7, 11) is 5.91. The highest BCUT2D eigenvalue weighted by Crippen LogP contribution is 2.30. The first-order valence-corrected chi connectivity index (χ1v) is 8.60. The van der Waals surface area contributed by atoms with Gasteiger partial charge in [0.15, 0.2) is 0 Å². The Balaban J connectivity index is 0.000000409. The van der Waals surface area contributed by atoms with Gasteiger partial charge in [-0.25, -0.2) is 9.59 Å². The first-order valence-electron chi connectivity index (χ1n) is 8.60. The highest BCUT2D eigenvalue weighted by Gasteiger charge is 2.27. The Kier molecular flexibility index (Phi) is 6.89. The number of aromatic nitrogens is 1. The summed E-state index contributed by atoms with van der Waals surface area (Å²) in [6.45, 7) is 1.53. The minimum atomic E-state index is -1.82. The molecule has 0 saturated carbocycles. The van der Waals surface area contributed by atoms with Crippen LogP contribution in [-0.4, -0.2) is 83.2 Å². The molecule has 0 fully saturated rings. The molecule has 1 unspecified atom stereocenters. The van der Waals surface area contributed by atoms with Gasteiger partial charge in [0, 0.05) is 31.4 Å². The zero-order valence-corrected chi connectivity index (χ0v) is 16.0. The van der Waals surface area contributed by atoms with Gasteiger partial charge in [-0.05, 0) is 44.1 Å². The molecule has 2 N–H and O–H groups in total. The molecule has 0 spiro atoms. The van der Waals surface area contributed by atoms with E-state index < -0.39 is 11.9 Å². The number of rotatable bonds is 3. The molecule has 0 radical (unpaired) electrons. The third kappa shape index (κ3) is 5.40. The van der Waals surface area contributed by atoms with Crippen LogP contribution in [0.3, 0.4) is 0 Å². The smallest absolute Gasteiger partial charge is 0.414 e. The van der Waals surface area contributed by atoms with E-state index in [0.29, 0.717) is 17.9 Å². The lowest BCUT2D eigenvalue weighted by atomic mass is 10.1. The number of carboxylic acids is 2. The fourth-order valence-electron chi connectivity index (χ4n) is 2.74. The van der Waals surface area contributed by atoms with Crippen molar-refractivity contribution in [1.82, 2.24) is 14.8 Å². The molecule has 0 aliphatic carbocycles. The summed E-state index contributed by atoms with van der Waals surface area (Å²) in [5, 5.41) is 16.8. The highest BCUT2D eigenvalue weighted by atomic mass is 16.5. The van der Waals surface area contributed by atoms with Crippen LogP contribution in [0.25, 0.3) is 10.8 Å². The first kappa shape index (κ1) is 21.1. The number of benzene rings is 1. The van der Waals surface area contributed by atoms with E-state index in [-0.39, 0.29) is 12.0 Å². The average molecular weight is 389 g/mol. The van der Waals surface area contributed by atoms with Crippen LogP contribution in [0.15, 0.2) is 30.6 Å². The van der Waals surface area contributed by atoms with Gasteiger partial charge in [-0.2, -0.15) is 0 Å². The van der Waals surface area contributed by atoms with Gasteiger partial charge in [0.25, 0.3) is 5.91 Å². The predicted molar refractivity (Wildman–Crippen MR) is 102 cm³/mol. The number of carbonyl (C=O) groups is 3. The zero-order chi connectivity index (χ0) is 20.8. The van der Waals surface area contributed by atoms with Crippen molar-refractivity contribution in [3.05, 3.63) is 36.2 Å². The monoisotopic (exact) mass is 389 g/mol. The SMILES string of the molecule is CN(C)CCC1CN(C)C(=O)c2cc3ccncc3cc2O1.O=C(O)C(=O)O. The van der Waals surface area contributed by atoms with Crippen LogP contribution in [0.5, 0.6) is 5.75 Å². The Labute approximate surface area is 162 Å². The largest absolute Gasteiger partial charge is 0.488 e. The Morgan fingerprint density at radius 2 is 1.93 bits per heavy atom. The zero-order valence-electron chi connectivity index (χ0n) is 16.0. The molecular weight excluding hydrogens is 366 g/mol. The summed E-state index contributed by atoms with van der Waals surface area (Å²) < 4.78 is 6.14. The Morgan fingerprint density at radius 1 is 1.25 bits per heavy atom. The van der Waals surface area contributed by atoms with E-state index in [1.165, 1.54) is 0 Å². The molecule has 1 amide bonds. The summed E-state index contributed by atoms with van der Waals surface area (Å²) in [5.74, 6) is -2.97. The molecule has 0 saturated heterocycles. The van der Waals surface area contributed by atoms with Crippen molar-refractivity contribution in [2.24, 2.45) is 0 Å². The molecule has 2 aromatic rings. The van der Waals surface area contributed by atoms with E-state index in [2.05, 4.69) is 9.88 Å². The Hall–Kier alpha value is -3.20. The van der Waals surface area contributed by atoms with Crippen molar-refractivity contribution >= 4 is 28.6 Å². The van der Waals surface area contributed by atoms with Crippen molar-refractivity contribution in [2.45, 2.75) is 12.5 Å². The van der Waals surface area contributed by atoms with E-state index in [0.717, 1.165) is 23.7 Å². The number of nitrogens with zero attached hydrogens (tertiary/aromatic N) is 3. The maximum absolute atomic E-state index is 12.6. The van der Waals surface area contributed by atoms with Crippen LogP contribution in [0.2, 0.25) is 0 Å². The fourth-order valence-corrected chi connectivity index (χ4v) is 2.74. The van der Waals surface area contributed by atoms with Gasteiger partial charge in [0.05, 0.1) is 12.1 Å². The van der Waals surface area contributed by atoms with Gasteiger partial charge in [-0.3, -0.25) is 9.78 Å². The number of fused-ring (bicyclic) bond motifs is 2. The molecular formula is C19H23N3O6. The fraction of sp³-hybridized carbons (Fsp3) is 0.368. The van der Waals surface area contributed by atoms with E-state index in [1.54, 1.807) is 17.3 Å². The van der Waals surface area contributed by atoms with Gasteiger partial charge in [-0.15, -0.1) is 0 Å². The summed E-state index contributed by atoms with van der Waals surface area (Å²) in [6, 6.07) is 5.74. The second kappa shape index (κ2) is 9.14. The third-order valence-electron chi connectivity index (χ3n) is 4.17. The lowest BCUT2D eigenvalue weighted by Gasteiger charge is -2.22. The number of carbonyl (C=O) groups excluding carboxylic acids is 1. The Bertz CT molecular complexity index is 871. The lowest BCUT2D eigenvalue weighted by molar-refractivity contribution is -0.159. The first-order chi connectivity index (χ1) is 13.2. The molecule has 1 atom stereocenters. The van der Waals surface area contributed by atoms with Crippen LogP contribution in [0.4, 0.5) is 0 Å². The number of amides is 1. The highest BCUT2D eigenvalue weighted by molar-refractivity contribution is 6.27. The molecule has 9 heteroatoms. The number of aliphatic carboxylic acids is 2. The quantitative estimate of drug-likeness (QED) is 0.751. The van der Waals surface area contributed by atoms with Crippen molar-refractivity contribution < 1.29 is 29.3 Å². The van der Waals surface area contributed by atoms with E-state index in [4.69, 9.17) is 24.5 Å². The summed E-state index contributed by atoms with van der Waals surface area (Å²) >= 11 is 0.